The summed E-state index contributed by atoms with van der Waals surface area (Å²) in [4.78, 5) is 7.57. The second kappa shape index (κ2) is 5.32. The van der Waals surface area contributed by atoms with E-state index < -0.39 is 10.0 Å². The summed E-state index contributed by atoms with van der Waals surface area (Å²) in [6.45, 7) is 0. The predicted octanol–water partition coefficient (Wildman–Crippen LogP) is 2.07. The van der Waals surface area contributed by atoms with E-state index >= 15 is 0 Å². The second-order valence-corrected chi connectivity index (χ2v) is 5.62. The van der Waals surface area contributed by atoms with Crippen LogP contribution in [0.4, 0.5) is 5.82 Å². The van der Waals surface area contributed by atoms with Crippen molar-refractivity contribution < 1.29 is 8.42 Å². The van der Waals surface area contributed by atoms with Crippen molar-refractivity contribution in [3.8, 4) is 0 Å². The monoisotopic (exact) mass is 283 g/mol. The smallest absolute Gasteiger partial charge is 0.238 e. The number of hydrogen-bond donors (Lipinski definition) is 1. The summed E-state index contributed by atoms with van der Waals surface area (Å²) in [6.07, 6.45) is 2.75. The molecule has 0 fully saturated rings. The molecule has 2 aromatic rings. The van der Waals surface area contributed by atoms with Crippen LogP contribution in [0.2, 0.25) is 5.15 Å². The lowest BCUT2D eigenvalue weighted by atomic mass is 10.2. The van der Waals surface area contributed by atoms with Crippen molar-refractivity contribution in [2.24, 2.45) is 0 Å². The number of anilines is 1. The number of nitrogens with one attached hydrogen (secondary N) is 1. The van der Waals surface area contributed by atoms with E-state index in [0.29, 0.717) is 5.56 Å². The zero-order chi connectivity index (χ0) is 13.0. The van der Waals surface area contributed by atoms with Crippen LogP contribution in [0.3, 0.4) is 0 Å². The topological polar surface area (TPSA) is 72.0 Å². The lowest BCUT2D eigenvalue weighted by molar-refractivity contribution is 0.600. The SMILES string of the molecule is O=S(=O)(Cc1ccccc1)Nc1nccnc1Cl. The lowest BCUT2D eigenvalue weighted by Gasteiger charge is -2.07. The summed E-state index contributed by atoms with van der Waals surface area (Å²) < 4.78 is 26.1. The first-order valence-corrected chi connectivity index (χ1v) is 7.11. The number of rotatable bonds is 4. The highest BCUT2D eigenvalue weighted by molar-refractivity contribution is 7.91. The van der Waals surface area contributed by atoms with Gasteiger partial charge in [0.15, 0.2) is 11.0 Å². The van der Waals surface area contributed by atoms with Crippen LogP contribution in [0.15, 0.2) is 42.7 Å². The van der Waals surface area contributed by atoms with Gasteiger partial charge in [-0.05, 0) is 5.56 Å². The molecule has 1 N–H and O–H groups in total. The van der Waals surface area contributed by atoms with Gasteiger partial charge in [-0.2, -0.15) is 0 Å². The van der Waals surface area contributed by atoms with Crippen LogP contribution < -0.4 is 4.72 Å². The zero-order valence-electron chi connectivity index (χ0n) is 9.25. The Balaban J connectivity index is 2.16. The van der Waals surface area contributed by atoms with Crippen LogP contribution in [-0.2, 0) is 15.8 Å². The maximum absolute atomic E-state index is 11.9. The molecule has 7 heteroatoms. The van der Waals surface area contributed by atoms with Crippen molar-refractivity contribution in [2.45, 2.75) is 5.75 Å². The van der Waals surface area contributed by atoms with Crippen molar-refractivity contribution in [1.29, 1.82) is 0 Å². The molecule has 0 aliphatic rings. The van der Waals surface area contributed by atoms with Gasteiger partial charge in [0.25, 0.3) is 0 Å². The van der Waals surface area contributed by atoms with Gasteiger partial charge >= 0.3 is 0 Å². The quantitative estimate of drug-likeness (QED) is 0.932. The van der Waals surface area contributed by atoms with E-state index in [1.165, 1.54) is 12.4 Å². The Kier molecular flexibility index (Phi) is 3.78. The molecule has 0 atom stereocenters. The first-order valence-electron chi connectivity index (χ1n) is 5.08. The van der Waals surface area contributed by atoms with Gasteiger partial charge in [0.05, 0.1) is 5.75 Å². The molecular formula is C11H10ClN3O2S. The van der Waals surface area contributed by atoms with Gasteiger partial charge < -0.3 is 0 Å². The highest BCUT2D eigenvalue weighted by Crippen LogP contribution is 2.17. The predicted molar refractivity (Wildman–Crippen MR) is 69.7 cm³/mol. The molecule has 0 amide bonds. The molecule has 2 rings (SSSR count). The molecule has 0 radical (unpaired) electrons. The van der Waals surface area contributed by atoms with Crippen LogP contribution >= 0.6 is 11.6 Å². The lowest BCUT2D eigenvalue weighted by Crippen LogP contribution is -2.16. The van der Waals surface area contributed by atoms with Gasteiger partial charge in [0, 0.05) is 12.4 Å². The second-order valence-electron chi connectivity index (χ2n) is 3.54. The average Bonchev–Trinajstić information content (AvgIpc) is 2.32. The Morgan fingerprint density at radius 3 is 2.44 bits per heavy atom. The van der Waals surface area contributed by atoms with E-state index in [4.69, 9.17) is 11.6 Å². The molecule has 0 saturated heterocycles. The van der Waals surface area contributed by atoms with Gasteiger partial charge in [0.2, 0.25) is 10.0 Å². The summed E-state index contributed by atoms with van der Waals surface area (Å²) in [5, 5.41) is 0.0223. The van der Waals surface area contributed by atoms with Crippen molar-refractivity contribution in [3.63, 3.8) is 0 Å². The summed E-state index contributed by atoms with van der Waals surface area (Å²) in [5.74, 6) is -0.101. The number of hydrogen-bond acceptors (Lipinski definition) is 4. The maximum Gasteiger partial charge on any atom is 0.238 e. The van der Waals surface area contributed by atoms with Gasteiger partial charge in [-0.25, -0.2) is 18.4 Å². The fourth-order valence-electron chi connectivity index (χ4n) is 1.37. The Bertz CT molecular complexity index is 632. The molecule has 1 heterocycles. The summed E-state index contributed by atoms with van der Waals surface area (Å²) >= 11 is 5.73. The van der Waals surface area contributed by atoms with Gasteiger partial charge in [-0.1, -0.05) is 41.9 Å². The molecular weight excluding hydrogens is 274 g/mol. The van der Waals surface area contributed by atoms with Gasteiger partial charge in [0.1, 0.15) is 0 Å². The molecule has 18 heavy (non-hydrogen) atoms. The highest BCUT2D eigenvalue weighted by Gasteiger charge is 2.14. The molecule has 0 aliphatic carbocycles. The Labute approximate surface area is 110 Å². The number of benzene rings is 1. The largest absolute Gasteiger partial charge is 0.264 e. The average molecular weight is 284 g/mol. The van der Waals surface area contributed by atoms with E-state index in [1.807, 2.05) is 6.07 Å². The summed E-state index contributed by atoms with van der Waals surface area (Å²) in [6, 6.07) is 8.85. The first kappa shape index (κ1) is 12.8. The van der Waals surface area contributed by atoms with Crippen molar-refractivity contribution in [1.82, 2.24) is 9.97 Å². The van der Waals surface area contributed by atoms with Crippen molar-refractivity contribution in [2.75, 3.05) is 4.72 Å². The molecule has 5 nitrogen and oxygen atoms in total. The van der Waals surface area contributed by atoms with Crippen molar-refractivity contribution in [3.05, 3.63) is 53.4 Å². The van der Waals surface area contributed by atoms with E-state index in [2.05, 4.69) is 14.7 Å². The molecule has 94 valence electrons. The Hall–Kier alpha value is -1.66. The van der Waals surface area contributed by atoms with E-state index in [0.717, 1.165) is 0 Å². The van der Waals surface area contributed by atoms with Crippen molar-refractivity contribution >= 4 is 27.4 Å². The fourth-order valence-corrected chi connectivity index (χ4v) is 2.72. The number of halogens is 1. The minimum Gasteiger partial charge on any atom is -0.264 e. The zero-order valence-corrected chi connectivity index (χ0v) is 10.8. The van der Waals surface area contributed by atoms with Gasteiger partial charge in [-0.3, -0.25) is 4.72 Å². The Morgan fingerprint density at radius 1 is 1.11 bits per heavy atom. The minimum atomic E-state index is -3.55. The summed E-state index contributed by atoms with van der Waals surface area (Å²) in [7, 11) is -3.55. The normalized spacial score (nSPS) is 11.2. The van der Waals surface area contributed by atoms with E-state index in [-0.39, 0.29) is 16.7 Å². The first-order chi connectivity index (χ1) is 8.57. The molecule has 0 bridgehead atoms. The number of aromatic nitrogens is 2. The Morgan fingerprint density at radius 2 is 1.78 bits per heavy atom. The third kappa shape index (κ3) is 3.41. The highest BCUT2D eigenvalue weighted by atomic mass is 35.5. The third-order valence-corrected chi connectivity index (χ3v) is 3.60. The molecule has 0 spiro atoms. The van der Waals surface area contributed by atoms with Gasteiger partial charge in [-0.15, -0.1) is 0 Å². The standard InChI is InChI=1S/C11H10ClN3O2S/c12-10-11(14-7-6-13-10)15-18(16,17)8-9-4-2-1-3-5-9/h1-7H,8H2,(H,14,15). The van der Waals surface area contributed by atoms with Crippen LogP contribution in [0.1, 0.15) is 5.56 Å². The van der Waals surface area contributed by atoms with Crippen LogP contribution in [-0.4, -0.2) is 18.4 Å². The molecule has 1 aromatic heterocycles. The van der Waals surface area contributed by atoms with E-state index in [1.54, 1.807) is 24.3 Å². The van der Waals surface area contributed by atoms with Crippen LogP contribution in [0.25, 0.3) is 0 Å². The van der Waals surface area contributed by atoms with E-state index in [9.17, 15) is 8.42 Å². The van der Waals surface area contributed by atoms with Crippen LogP contribution in [0.5, 0.6) is 0 Å². The third-order valence-electron chi connectivity index (χ3n) is 2.11. The maximum atomic E-state index is 11.9. The molecule has 0 saturated carbocycles. The fraction of sp³-hybridized carbons (Fsp3) is 0.0909. The van der Waals surface area contributed by atoms with Crippen LogP contribution in [0, 0.1) is 0 Å². The molecule has 1 aromatic carbocycles. The number of sulfonamides is 1. The number of nitrogens with zero attached hydrogens (tertiary/aromatic N) is 2. The minimum absolute atomic E-state index is 0.0223. The molecule has 0 aliphatic heterocycles. The summed E-state index contributed by atoms with van der Waals surface area (Å²) in [5.41, 5.74) is 0.685. The molecule has 0 unspecified atom stereocenters.